The predicted molar refractivity (Wildman–Crippen MR) is 123 cm³/mol. The van der Waals surface area contributed by atoms with Crippen LogP contribution in [0.4, 0.5) is 15.8 Å². The van der Waals surface area contributed by atoms with Crippen LogP contribution in [0.15, 0.2) is 65.6 Å². The van der Waals surface area contributed by atoms with E-state index in [0.717, 1.165) is 27.6 Å². The molecule has 0 bridgehead atoms. The van der Waals surface area contributed by atoms with Gasteiger partial charge < -0.3 is 10.1 Å². The molecule has 6 nitrogen and oxygen atoms in total. The minimum absolute atomic E-state index is 0.0798. The van der Waals surface area contributed by atoms with E-state index < -0.39 is 28.3 Å². The minimum atomic E-state index is -4.21. The lowest BCUT2D eigenvalue weighted by molar-refractivity contribution is -0.114. The summed E-state index contributed by atoms with van der Waals surface area (Å²) < 4.78 is 47.0. The second-order valence-corrected chi connectivity index (χ2v) is 9.27. The van der Waals surface area contributed by atoms with E-state index >= 15 is 0 Å². The Morgan fingerprint density at radius 1 is 1.03 bits per heavy atom. The van der Waals surface area contributed by atoms with Crippen LogP contribution in [0.3, 0.4) is 0 Å². The van der Waals surface area contributed by atoms with Crippen molar-refractivity contribution in [1.29, 1.82) is 0 Å². The van der Waals surface area contributed by atoms with Crippen molar-refractivity contribution in [3.8, 4) is 5.75 Å². The van der Waals surface area contributed by atoms with Gasteiger partial charge in [0.05, 0.1) is 12.8 Å². The SMILES string of the molecule is COc1ccc(C)cc1S(=O)(=O)N(CC(=O)Nc1cccc(C)c1C)c1ccc(F)cc1. The highest BCUT2D eigenvalue weighted by molar-refractivity contribution is 7.93. The molecule has 32 heavy (non-hydrogen) atoms. The molecule has 1 N–H and O–H groups in total. The monoisotopic (exact) mass is 456 g/mol. The van der Waals surface area contributed by atoms with Gasteiger partial charge in [0.1, 0.15) is 23.0 Å². The van der Waals surface area contributed by atoms with E-state index in [2.05, 4.69) is 5.32 Å². The number of aryl methyl sites for hydroxylation is 2. The number of carbonyl (C=O) groups is 1. The van der Waals surface area contributed by atoms with Crippen molar-refractivity contribution in [3.05, 3.63) is 83.2 Å². The van der Waals surface area contributed by atoms with Crippen molar-refractivity contribution in [2.45, 2.75) is 25.7 Å². The summed E-state index contributed by atoms with van der Waals surface area (Å²) in [6, 6.07) is 15.2. The lowest BCUT2D eigenvalue weighted by Gasteiger charge is -2.25. The van der Waals surface area contributed by atoms with Gasteiger partial charge in [-0.25, -0.2) is 12.8 Å². The molecule has 0 unspecified atom stereocenters. The Hall–Kier alpha value is -3.39. The molecule has 0 fully saturated rings. The van der Waals surface area contributed by atoms with Gasteiger partial charge in [-0.15, -0.1) is 0 Å². The predicted octanol–water partition coefficient (Wildman–Crippen LogP) is 4.59. The van der Waals surface area contributed by atoms with Crippen LogP contribution in [-0.2, 0) is 14.8 Å². The maximum Gasteiger partial charge on any atom is 0.268 e. The van der Waals surface area contributed by atoms with E-state index in [4.69, 9.17) is 4.74 Å². The van der Waals surface area contributed by atoms with Crippen LogP contribution in [-0.4, -0.2) is 28.0 Å². The van der Waals surface area contributed by atoms with E-state index in [1.54, 1.807) is 25.1 Å². The number of anilines is 2. The summed E-state index contributed by atoms with van der Waals surface area (Å²) in [6.07, 6.45) is 0. The summed E-state index contributed by atoms with van der Waals surface area (Å²) in [5.41, 5.74) is 3.35. The zero-order valence-corrected chi connectivity index (χ0v) is 19.2. The van der Waals surface area contributed by atoms with E-state index in [9.17, 15) is 17.6 Å². The molecule has 1 amide bonds. The second kappa shape index (κ2) is 9.40. The number of carbonyl (C=O) groups excluding carboxylic acids is 1. The normalized spacial score (nSPS) is 11.2. The van der Waals surface area contributed by atoms with Crippen LogP contribution in [0, 0.1) is 26.6 Å². The molecular formula is C24H25FN2O4S. The number of sulfonamides is 1. The fourth-order valence-electron chi connectivity index (χ4n) is 3.23. The van der Waals surface area contributed by atoms with Crippen molar-refractivity contribution in [3.63, 3.8) is 0 Å². The molecule has 0 aromatic heterocycles. The van der Waals surface area contributed by atoms with E-state index in [0.29, 0.717) is 11.3 Å². The van der Waals surface area contributed by atoms with Crippen LogP contribution < -0.4 is 14.4 Å². The number of halogens is 1. The number of nitrogens with zero attached hydrogens (tertiary/aromatic N) is 1. The first-order valence-electron chi connectivity index (χ1n) is 9.92. The standard InChI is InChI=1S/C24H25FN2O4S/c1-16-8-13-22(31-4)23(14-16)32(29,30)27(20-11-9-19(25)10-12-20)15-24(28)26-21-7-5-6-17(2)18(21)3/h5-14H,15H2,1-4H3,(H,26,28). The van der Waals surface area contributed by atoms with E-state index in [1.165, 1.54) is 25.3 Å². The third kappa shape index (κ3) is 4.91. The summed E-state index contributed by atoms with van der Waals surface area (Å²) in [4.78, 5) is 12.8. The second-order valence-electron chi connectivity index (χ2n) is 7.44. The smallest absolute Gasteiger partial charge is 0.268 e. The van der Waals surface area contributed by atoms with Gasteiger partial charge in [0.25, 0.3) is 10.0 Å². The molecule has 0 atom stereocenters. The molecular weight excluding hydrogens is 431 g/mol. The average molecular weight is 457 g/mol. The van der Waals surface area contributed by atoms with Crippen LogP contribution in [0.5, 0.6) is 5.75 Å². The highest BCUT2D eigenvalue weighted by atomic mass is 32.2. The van der Waals surface area contributed by atoms with Crippen LogP contribution in [0.2, 0.25) is 0 Å². The van der Waals surface area contributed by atoms with Gasteiger partial charge in [0.15, 0.2) is 0 Å². The summed E-state index contributed by atoms with van der Waals surface area (Å²) in [5.74, 6) is -0.894. The lowest BCUT2D eigenvalue weighted by Crippen LogP contribution is -2.38. The van der Waals surface area contributed by atoms with Gasteiger partial charge in [-0.05, 0) is 79.9 Å². The number of amides is 1. The van der Waals surface area contributed by atoms with Crippen molar-refractivity contribution >= 4 is 27.3 Å². The Bertz CT molecular complexity index is 1240. The Labute approximate surface area is 187 Å². The summed E-state index contributed by atoms with van der Waals surface area (Å²) >= 11 is 0. The zero-order chi connectivity index (χ0) is 23.5. The first-order valence-corrected chi connectivity index (χ1v) is 11.4. The summed E-state index contributed by atoms with van der Waals surface area (Å²) in [6.45, 7) is 5.05. The van der Waals surface area contributed by atoms with Gasteiger partial charge in [-0.2, -0.15) is 0 Å². The number of methoxy groups -OCH3 is 1. The van der Waals surface area contributed by atoms with Crippen molar-refractivity contribution in [1.82, 2.24) is 0 Å². The fraction of sp³-hybridized carbons (Fsp3) is 0.208. The Morgan fingerprint density at radius 3 is 2.38 bits per heavy atom. The van der Waals surface area contributed by atoms with Crippen LogP contribution in [0.25, 0.3) is 0 Å². The topological polar surface area (TPSA) is 75.7 Å². The van der Waals surface area contributed by atoms with E-state index in [-0.39, 0.29) is 16.3 Å². The highest BCUT2D eigenvalue weighted by Crippen LogP contribution is 2.31. The molecule has 0 aliphatic carbocycles. The number of benzene rings is 3. The number of hydrogen-bond donors (Lipinski definition) is 1. The maximum absolute atomic E-state index is 13.6. The zero-order valence-electron chi connectivity index (χ0n) is 18.3. The molecule has 168 valence electrons. The molecule has 0 radical (unpaired) electrons. The summed E-state index contributed by atoms with van der Waals surface area (Å²) in [5, 5.41) is 2.78. The molecule has 0 saturated carbocycles. The molecule has 3 rings (SSSR count). The largest absolute Gasteiger partial charge is 0.495 e. The van der Waals surface area contributed by atoms with Gasteiger partial charge in [-0.3, -0.25) is 9.10 Å². The number of ether oxygens (including phenoxy) is 1. The first-order chi connectivity index (χ1) is 15.1. The Morgan fingerprint density at radius 2 is 1.72 bits per heavy atom. The minimum Gasteiger partial charge on any atom is -0.495 e. The quantitative estimate of drug-likeness (QED) is 0.564. The van der Waals surface area contributed by atoms with Crippen molar-refractivity contribution < 1.29 is 22.3 Å². The maximum atomic E-state index is 13.6. The van der Waals surface area contributed by atoms with Gasteiger partial charge >= 0.3 is 0 Å². The number of hydrogen-bond acceptors (Lipinski definition) is 4. The van der Waals surface area contributed by atoms with E-state index in [1.807, 2.05) is 26.0 Å². The molecule has 0 saturated heterocycles. The Kier molecular flexibility index (Phi) is 6.84. The van der Waals surface area contributed by atoms with Gasteiger partial charge in [0, 0.05) is 5.69 Å². The third-order valence-corrected chi connectivity index (χ3v) is 6.96. The fourth-order valence-corrected chi connectivity index (χ4v) is 4.90. The first kappa shape index (κ1) is 23.3. The van der Waals surface area contributed by atoms with Gasteiger partial charge in [-0.1, -0.05) is 18.2 Å². The van der Waals surface area contributed by atoms with Crippen molar-refractivity contribution in [2.24, 2.45) is 0 Å². The Balaban J connectivity index is 2.03. The average Bonchev–Trinajstić information content (AvgIpc) is 2.76. The number of rotatable bonds is 7. The molecule has 3 aromatic rings. The van der Waals surface area contributed by atoms with Crippen molar-refractivity contribution in [2.75, 3.05) is 23.3 Å². The number of nitrogens with one attached hydrogen (secondary N) is 1. The highest BCUT2D eigenvalue weighted by Gasteiger charge is 2.30. The van der Waals surface area contributed by atoms with Gasteiger partial charge in [0.2, 0.25) is 5.91 Å². The molecule has 0 aliphatic heterocycles. The third-order valence-electron chi connectivity index (χ3n) is 5.17. The molecule has 0 aliphatic rings. The molecule has 3 aromatic carbocycles. The van der Waals surface area contributed by atoms with Crippen LogP contribution >= 0.6 is 0 Å². The lowest BCUT2D eigenvalue weighted by atomic mass is 10.1. The summed E-state index contributed by atoms with van der Waals surface area (Å²) in [7, 11) is -2.84. The molecule has 0 spiro atoms. The van der Waals surface area contributed by atoms with Crippen LogP contribution in [0.1, 0.15) is 16.7 Å². The molecule has 0 heterocycles. The molecule has 8 heteroatoms.